The number of hydrogen-bond acceptors (Lipinski definition) is 1. The van der Waals surface area contributed by atoms with Gasteiger partial charge in [-0.3, -0.25) is 0 Å². The van der Waals surface area contributed by atoms with Gasteiger partial charge in [-0.15, -0.1) is 0 Å². The molecule has 0 fully saturated rings. The molecule has 1 aliphatic heterocycles. The lowest BCUT2D eigenvalue weighted by Crippen LogP contribution is -2.09. The van der Waals surface area contributed by atoms with Gasteiger partial charge in [-0.25, -0.2) is 0 Å². The maximum Gasteiger partial charge on any atom is 0.0413 e. The van der Waals surface area contributed by atoms with Crippen molar-refractivity contribution in [1.82, 2.24) is 0 Å². The summed E-state index contributed by atoms with van der Waals surface area (Å²) in [6, 6.07) is 8.44. The topological polar surface area (TPSA) is 12.0 Å². The highest BCUT2D eigenvalue weighted by molar-refractivity contribution is 5.67. The number of rotatable bonds is 1. The van der Waals surface area contributed by atoms with E-state index in [2.05, 4.69) is 48.7 Å². The molecule has 1 aromatic carbocycles. The van der Waals surface area contributed by atoms with Crippen molar-refractivity contribution in [2.75, 3.05) is 11.9 Å². The average Bonchev–Trinajstić information content (AvgIpc) is 2.39. The van der Waals surface area contributed by atoms with Gasteiger partial charge in [0.05, 0.1) is 0 Å². The number of nitrogens with one attached hydrogen (secondary N) is 1. The van der Waals surface area contributed by atoms with E-state index >= 15 is 0 Å². The second-order valence-electron chi connectivity index (χ2n) is 3.50. The van der Waals surface area contributed by atoms with Crippen LogP contribution in [0.25, 0.3) is 6.08 Å². The number of hydrogen-bond donors (Lipinski definition) is 1. The van der Waals surface area contributed by atoms with Gasteiger partial charge in [-0.1, -0.05) is 37.3 Å². The summed E-state index contributed by atoms with van der Waals surface area (Å²) in [6.07, 6.45) is 5.74. The molecule has 0 aromatic heterocycles. The molecule has 0 saturated heterocycles. The van der Waals surface area contributed by atoms with Crippen LogP contribution in [-0.4, -0.2) is 6.54 Å². The summed E-state index contributed by atoms with van der Waals surface area (Å²) in [5, 5.41) is 3.46. The Balaban J connectivity index is 2.28. The van der Waals surface area contributed by atoms with Crippen LogP contribution in [0.15, 0.2) is 30.3 Å². The van der Waals surface area contributed by atoms with Gasteiger partial charge < -0.3 is 5.32 Å². The van der Waals surface area contributed by atoms with E-state index in [0.29, 0.717) is 5.92 Å². The van der Waals surface area contributed by atoms with Crippen LogP contribution in [0.1, 0.15) is 18.9 Å². The minimum atomic E-state index is 0.674. The zero-order chi connectivity index (χ0) is 9.10. The van der Waals surface area contributed by atoms with E-state index < -0.39 is 0 Å². The lowest BCUT2D eigenvalue weighted by atomic mass is 10.1. The number of fused-ring (bicyclic) bond motifs is 1. The van der Waals surface area contributed by atoms with Crippen molar-refractivity contribution in [2.45, 2.75) is 13.3 Å². The van der Waals surface area contributed by atoms with Gasteiger partial charge in [0.15, 0.2) is 0 Å². The molecule has 0 bridgehead atoms. The molecule has 13 heavy (non-hydrogen) atoms. The first kappa shape index (κ1) is 8.36. The van der Waals surface area contributed by atoms with E-state index in [9.17, 15) is 0 Å². The van der Waals surface area contributed by atoms with Crippen LogP contribution in [0.5, 0.6) is 0 Å². The van der Waals surface area contributed by atoms with Gasteiger partial charge in [0.25, 0.3) is 0 Å². The summed E-state index contributed by atoms with van der Waals surface area (Å²) < 4.78 is 0. The summed E-state index contributed by atoms with van der Waals surface area (Å²) in [6.45, 7) is 3.29. The Labute approximate surface area is 79.5 Å². The van der Waals surface area contributed by atoms with Crippen molar-refractivity contribution < 1.29 is 0 Å². The summed E-state index contributed by atoms with van der Waals surface area (Å²) in [5.74, 6) is 0.674. The van der Waals surface area contributed by atoms with Crippen molar-refractivity contribution in [1.29, 1.82) is 0 Å². The fourth-order valence-electron chi connectivity index (χ4n) is 1.63. The summed E-state index contributed by atoms with van der Waals surface area (Å²) >= 11 is 0. The molecular formula is C12H15N. The minimum absolute atomic E-state index is 0.674. The maximum absolute atomic E-state index is 3.46. The highest BCUT2D eigenvalue weighted by Gasteiger charge is 2.07. The number of anilines is 1. The Morgan fingerprint density at radius 3 is 3.08 bits per heavy atom. The monoisotopic (exact) mass is 173 g/mol. The molecule has 1 heteroatoms. The van der Waals surface area contributed by atoms with Crippen molar-refractivity contribution in [3.63, 3.8) is 0 Å². The molecule has 0 aliphatic carbocycles. The van der Waals surface area contributed by atoms with E-state index in [1.165, 1.54) is 17.7 Å². The molecule has 1 N–H and O–H groups in total. The lowest BCUT2D eigenvalue weighted by Gasteiger charge is -2.09. The van der Waals surface area contributed by atoms with Crippen molar-refractivity contribution in [3.05, 3.63) is 35.9 Å². The maximum atomic E-state index is 3.46. The lowest BCUT2D eigenvalue weighted by molar-refractivity contribution is 0.665. The van der Waals surface area contributed by atoms with Gasteiger partial charge in [0.2, 0.25) is 0 Å². The molecule has 0 spiro atoms. The highest BCUT2D eigenvalue weighted by atomic mass is 14.9. The second-order valence-corrected chi connectivity index (χ2v) is 3.50. The predicted molar refractivity (Wildman–Crippen MR) is 57.7 cm³/mol. The molecule has 0 saturated carbocycles. The zero-order valence-electron chi connectivity index (χ0n) is 7.96. The van der Waals surface area contributed by atoms with E-state index in [1.54, 1.807) is 0 Å². The Hall–Kier alpha value is -1.24. The average molecular weight is 173 g/mol. The van der Waals surface area contributed by atoms with Gasteiger partial charge in [0.1, 0.15) is 0 Å². The predicted octanol–water partition coefficient (Wildman–Crippen LogP) is 3.15. The Kier molecular flexibility index (Phi) is 2.35. The Bertz CT molecular complexity index is 315. The fraction of sp³-hybridized carbons (Fsp3) is 0.333. The molecule has 1 aromatic rings. The zero-order valence-corrected chi connectivity index (χ0v) is 7.96. The normalized spacial score (nSPS) is 20.2. The standard InChI is InChI=1S/C12H15N/c1-2-10-7-8-11-5-3-4-6-12(11)13-9-10/h3-8,10,13H,2,9H2,1H3/t10-/m0/s1. The molecule has 1 heterocycles. The first-order chi connectivity index (χ1) is 6.40. The molecule has 0 amide bonds. The molecule has 68 valence electrons. The Morgan fingerprint density at radius 1 is 1.38 bits per heavy atom. The molecule has 2 rings (SSSR count). The quantitative estimate of drug-likeness (QED) is 0.688. The van der Waals surface area contributed by atoms with Gasteiger partial charge in [-0.05, 0) is 24.0 Å². The second kappa shape index (κ2) is 3.65. The third-order valence-electron chi connectivity index (χ3n) is 2.59. The van der Waals surface area contributed by atoms with Crippen LogP contribution < -0.4 is 5.32 Å². The smallest absolute Gasteiger partial charge is 0.0413 e. The van der Waals surface area contributed by atoms with Crippen LogP contribution in [0.3, 0.4) is 0 Å². The van der Waals surface area contributed by atoms with Crippen LogP contribution in [-0.2, 0) is 0 Å². The van der Waals surface area contributed by atoms with E-state index in [4.69, 9.17) is 0 Å². The number of para-hydroxylation sites is 1. The molecule has 1 atom stereocenters. The Morgan fingerprint density at radius 2 is 2.23 bits per heavy atom. The number of benzene rings is 1. The molecule has 1 aliphatic rings. The summed E-state index contributed by atoms with van der Waals surface area (Å²) in [5.41, 5.74) is 2.56. The highest BCUT2D eigenvalue weighted by Crippen LogP contribution is 2.22. The van der Waals surface area contributed by atoms with Crippen molar-refractivity contribution in [2.24, 2.45) is 5.92 Å². The van der Waals surface area contributed by atoms with Crippen LogP contribution in [0.2, 0.25) is 0 Å². The first-order valence-electron chi connectivity index (χ1n) is 4.91. The van der Waals surface area contributed by atoms with Crippen LogP contribution in [0.4, 0.5) is 5.69 Å². The van der Waals surface area contributed by atoms with E-state index in [0.717, 1.165) is 6.54 Å². The van der Waals surface area contributed by atoms with E-state index in [-0.39, 0.29) is 0 Å². The van der Waals surface area contributed by atoms with Crippen molar-refractivity contribution >= 4 is 11.8 Å². The van der Waals surface area contributed by atoms with Gasteiger partial charge >= 0.3 is 0 Å². The summed E-state index contributed by atoms with van der Waals surface area (Å²) in [4.78, 5) is 0. The van der Waals surface area contributed by atoms with Gasteiger partial charge in [0, 0.05) is 12.2 Å². The summed E-state index contributed by atoms with van der Waals surface area (Å²) in [7, 11) is 0. The third kappa shape index (κ3) is 1.74. The van der Waals surface area contributed by atoms with E-state index in [1.807, 2.05) is 0 Å². The van der Waals surface area contributed by atoms with Crippen molar-refractivity contribution in [3.8, 4) is 0 Å². The third-order valence-corrected chi connectivity index (χ3v) is 2.59. The molecular weight excluding hydrogens is 158 g/mol. The first-order valence-corrected chi connectivity index (χ1v) is 4.91. The van der Waals surface area contributed by atoms with Crippen LogP contribution >= 0.6 is 0 Å². The largest absolute Gasteiger partial charge is 0.384 e. The fourth-order valence-corrected chi connectivity index (χ4v) is 1.63. The molecule has 0 unspecified atom stereocenters. The van der Waals surface area contributed by atoms with Crippen LogP contribution in [0, 0.1) is 5.92 Å². The SMILES string of the molecule is CC[C@H]1C=Cc2ccccc2NC1. The molecule has 0 radical (unpaired) electrons. The van der Waals surface area contributed by atoms with Gasteiger partial charge in [-0.2, -0.15) is 0 Å². The minimum Gasteiger partial charge on any atom is -0.384 e. The molecule has 1 nitrogen and oxygen atoms in total.